The van der Waals surface area contributed by atoms with Crippen LogP contribution in [0.1, 0.15) is 32.6 Å². The molecule has 1 saturated heterocycles. The molecule has 0 aliphatic carbocycles. The number of H-pyrrole nitrogens is 1. The van der Waals surface area contributed by atoms with Crippen LogP contribution in [0.25, 0.3) is 11.0 Å². The van der Waals surface area contributed by atoms with Gasteiger partial charge in [-0.15, -0.1) is 0 Å². The zero-order valence-corrected chi connectivity index (χ0v) is 12.8. The zero-order valence-electron chi connectivity index (χ0n) is 12.8. The minimum absolute atomic E-state index is 0.0297. The van der Waals surface area contributed by atoms with Crippen LogP contribution < -0.4 is 5.32 Å². The van der Waals surface area contributed by atoms with Gasteiger partial charge in [-0.3, -0.25) is 4.79 Å². The lowest BCUT2D eigenvalue weighted by molar-refractivity contribution is -0.143. The van der Waals surface area contributed by atoms with Crippen molar-refractivity contribution < 1.29 is 4.79 Å². The van der Waals surface area contributed by atoms with E-state index in [2.05, 4.69) is 15.3 Å². The molecule has 0 saturated carbocycles. The summed E-state index contributed by atoms with van der Waals surface area (Å²) in [5.41, 5.74) is 1.59. The first-order valence-electron chi connectivity index (χ1n) is 7.43. The SMILES string of the molecule is CC(C)(C)C(=O)N1CCNCC1c1nc2ccccc2[nH]1. The molecule has 1 aromatic carbocycles. The van der Waals surface area contributed by atoms with Gasteiger partial charge in [0.1, 0.15) is 11.9 Å². The molecule has 5 heteroatoms. The number of piperazine rings is 1. The Morgan fingerprint density at radius 2 is 2.10 bits per heavy atom. The number of carbonyl (C=O) groups excluding carboxylic acids is 1. The van der Waals surface area contributed by atoms with Gasteiger partial charge >= 0.3 is 0 Å². The van der Waals surface area contributed by atoms with Gasteiger partial charge in [-0.05, 0) is 12.1 Å². The second-order valence-corrected chi connectivity index (χ2v) is 6.61. The highest BCUT2D eigenvalue weighted by molar-refractivity contribution is 5.82. The number of imidazole rings is 1. The van der Waals surface area contributed by atoms with Crippen LogP contribution in [0.15, 0.2) is 24.3 Å². The maximum Gasteiger partial charge on any atom is 0.228 e. The summed E-state index contributed by atoms with van der Waals surface area (Å²) < 4.78 is 0. The Bertz CT molecular complexity index is 623. The summed E-state index contributed by atoms with van der Waals surface area (Å²) in [6, 6.07) is 7.93. The minimum Gasteiger partial charge on any atom is -0.340 e. The average Bonchev–Trinajstić information content (AvgIpc) is 2.89. The fourth-order valence-electron chi connectivity index (χ4n) is 2.75. The third kappa shape index (κ3) is 2.65. The third-order valence-electron chi connectivity index (χ3n) is 3.87. The number of benzene rings is 1. The monoisotopic (exact) mass is 286 g/mol. The lowest BCUT2D eigenvalue weighted by Gasteiger charge is -2.38. The number of fused-ring (bicyclic) bond motifs is 1. The van der Waals surface area contributed by atoms with Gasteiger partial charge in [0.25, 0.3) is 0 Å². The van der Waals surface area contributed by atoms with Gasteiger partial charge in [-0.25, -0.2) is 4.98 Å². The number of aromatic nitrogens is 2. The van der Waals surface area contributed by atoms with E-state index in [9.17, 15) is 4.79 Å². The molecular formula is C16H22N4O. The summed E-state index contributed by atoms with van der Waals surface area (Å²) in [4.78, 5) is 22.6. The zero-order chi connectivity index (χ0) is 15.0. The normalized spacial score (nSPS) is 20.0. The predicted octanol–water partition coefficient (Wildman–Crippen LogP) is 2.08. The molecule has 0 spiro atoms. The van der Waals surface area contributed by atoms with Crippen molar-refractivity contribution in [1.82, 2.24) is 20.2 Å². The highest BCUT2D eigenvalue weighted by Gasteiger charge is 2.35. The molecule has 1 aliphatic rings. The smallest absolute Gasteiger partial charge is 0.228 e. The number of hydrogen-bond acceptors (Lipinski definition) is 3. The second-order valence-electron chi connectivity index (χ2n) is 6.61. The fourth-order valence-corrected chi connectivity index (χ4v) is 2.75. The highest BCUT2D eigenvalue weighted by atomic mass is 16.2. The van der Waals surface area contributed by atoms with Crippen molar-refractivity contribution in [3.63, 3.8) is 0 Å². The fraction of sp³-hybridized carbons (Fsp3) is 0.500. The second kappa shape index (κ2) is 5.15. The Kier molecular flexibility index (Phi) is 3.45. The van der Waals surface area contributed by atoms with E-state index in [0.29, 0.717) is 0 Å². The molecule has 3 rings (SSSR count). The molecule has 2 N–H and O–H groups in total. The van der Waals surface area contributed by atoms with Crippen molar-refractivity contribution in [1.29, 1.82) is 0 Å². The Morgan fingerprint density at radius 3 is 2.81 bits per heavy atom. The van der Waals surface area contributed by atoms with Crippen molar-refractivity contribution in [2.45, 2.75) is 26.8 Å². The molecule has 1 aromatic heterocycles. The Labute approximate surface area is 124 Å². The Balaban J connectivity index is 1.95. The Morgan fingerprint density at radius 1 is 1.33 bits per heavy atom. The summed E-state index contributed by atoms with van der Waals surface area (Å²) in [7, 11) is 0. The molecule has 2 heterocycles. The number of aromatic amines is 1. The van der Waals surface area contributed by atoms with Gasteiger partial charge in [0.15, 0.2) is 0 Å². The molecule has 1 aliphatic heterocycles. The molecule has 112 valence electrons. The summed E-state index contributed by atoms with van der Waals surface area (Å²) in [5.74, 6) is 1.04. The largest absolute Gasteiger partial charge is 0.340 e. The van der Waals surface area contributed by atoms with E-state index in [1.54, 1.807) is 0 Å². The maximum absolute atomic E-state index is 12.7. The molecule has 1 atom stereocenters. The van der Waals surface area contributed by atoms with Crippen LogP contribution in [0.2, 0.25) is 0 Å². The maximum atomic E-state index is 12.7. The van der Waals surface area contributed by atoms with Gasteiger partial charge in [-0.1, -0.05) is 32.9 Å². The van der Waals surface area contributed by atoms with Crippen LogP contribution in [0.3, 0.4) is 0 Å². The molecule has 5 nitrogen and oxygen atoms in total. The van der Waals surface area contributed by atoms with Crippen LogP contribution in [-0.4, -0.2) is 40.4 Å². The number of carbonyl (C=O) groups is 1. The van der Waals surface area contributed by atoms with Gasteiger partial charge in [0.2, 0.25) is 5.91 Å². The van der Waals surface area contributed by atoms with Crippen LogP contribution in [0.5, 0.6) is 0 Å². The van der Waals surface area contributed by atoms with Crippen molar-refractivity contribution in [3.8, 4) is 0 Å². The van der Waals surface area contributed by atoms with Crippen molar-refractivity contribution in [3.05, 3.63) is 30.1 Å². The molecule has 2 aromatic rings. The van der Waals surface area contributed by atoms with Crippen molar-refractivity contribution >= 4 is 16.9 Å². The number of hydrogen-bond donors (Lipinski definition) is 2. The lowest BCUT2D eigenvalue weighted by Crippen LogP contribution is -2.52. The number of nitrogens with one attached hydrogen (secondary N) is 2. The van der Waals surface area contributed by atoms with Gasteiger partial charge in [0.05, 0.1) is 11.0 Å². The first kappa shape index (κ1) is 14.1. The molecular weight excluding hydrogens is 264 g/mol. The first-order chi connectivity index (χ1) is 9.97. The van der Waals surface area contributed by atoms with E-state index in [4.69, 9.17) is 0 Å². The average molecular weight is 286 g/mol. The third-order valence-corrected chi connectivity index (χ3v) is 3.87. The van der Waals surface area contributed by atoms with Crippen LogP contribution in [-0.2, 0) is 4.79 Å². The van der Waals surface area contributed by atoms with E-state index >= 15 is 0 Å². The highest BCUT2D eigenvalue weighted by Crippen LogP contribution is 2.27. The van der Waals surface area contributed by atoms with Gasteiger partial charge < -0.3 is 15.2 Å². The Hall–Kier alpha value is -1.88. The number of rotatable bonds is 1. The molecule has 1 unspecified atom stereocenters. The van der Waals surface area contributed by atoms with E-state index in [-0.39, 0.29) is 17.4 Å². The minimum atomic E-state index is -0.373. The molecule has 1 fully saturated rings. The van der Waals surface area contributed by atoms with Crippen LogP contribution >= 0.6 is 0 Å². The van der Waals surface area contributed by atoms with Gasteiger partial charge in [-0.2, -0.15) is 0 Å². The van der Waals surface area contributed by atoms with E-state index in [1.807, 2.05) is 49.9 Å². The quantitative estimate of drug-likeness (QED) is 0.844. The summed E-state index contributed by atoms with van der Waals surface area (Å²) in [5, 5.41) is 3.36. The molecule has 1 amide bonds. The summed E-state index contributed by atoms with van der Waals surface area (Å²) >= 11 is 0. The molecule has 0 radical (unpaired) electrons. The topological polar surface area (TPSA) is 61.0 Å². The first-order valence-corrected chi connectivity index (χ1v) is 7.43. The van der Waals surface area contributed by atoms with E-state index in [1.165, 1.54) is 0 Å². The van der Waals surface area contributed by atoms with Crippen molar-refractivity contribution in [2.75, 3.05) is 19.6 Å². The van der Waals surface area contributed by atoms with E-state index in [0.717, 1.165) is 36.5 Å². The number of para-hydroxylation sites is 2. The van der Waals surface area contributed by atoms with Gasteiger partial charge in [0, 0.05) is 25.0 Å². The van der Waals surface area contributed by atoms with Crippen molar-refractivity contribution in [2.24, 2.45) is 5.41 Å². The molecule has 0 bridgehead atoms. The van der Waals surface area contributed by atoms with Crippen LogP contribution in [0, 0.1) is 5.41 Å². The number of nitrogens with zero attached hydrogens (tertiary/aromatic N) is 2. The number of amides is 1. The molecule has 21 heavy (non-hydrogen) atoms. The standard InChI is InChI=1S/C16H22N4O/c1-16(2,3)15(21)20-9-8-17-10-13(20)14-18-11-6-4-5-7-12(11)19-14/h4-7,13,17H,8-10H2,1-3H3,(H,18,19). The lowest BCUT2D eigenvalue weighted by atomic mass is 9.93. The van der Waals surface area contributed by atoms with E-state index < -0.39 is 0 Å². The predicted molar refractivity (Wildman–Crippen MR) is 82.9 cm³/mol. The van der Waals surface area contributed by atoms with Crippen LogP contribution in [0.4, 0.5) is 0 Å². The summed E-state index contributed by atoms with van der Waals surface area (Å²) in [6.07, 6.45) is 0. The summed E-state index contributed by atoms with van der Waals surface area (Å²) in [6.45, 7) is 8.19.